The Bertz CT molecular complexity index is 1080. The highest BCUT2D eigenvalue weighted by atomic mass is 16.6. The van der Waals surface area contributed by atoms with E-state index in [1.165, 1.54) is 6.07 Å². The summed E-state index contributed by atoms with van der Waals surface area (Å²) < 4.78 is 0. The first-order valence-corrected chi connectivity index (χ1v) is 10.2. The van der Waals surface area contributed by atoms with E-state index in [1.54, 1.807) is 42.6 Å². The van der Waals surface area contributed by atoms with Gasteiger partial charge in [-0.05, 0) is 37.1 Å². The van der Waals surface area contributed by atoms with Gasteiger partial charge in [-0.1, -0.05) is 30.3 Å². The largest absolute Gasteiger partial charge is 0.367 e. The smallest absolute Gasteiger partial charge is 0.293 e. The Morgan fingerprint density at radius 3 is 2.68 bits per heavy atom. The van der Waals surface area contributed by atoms with Gasteiger partial charge in [0.2, 0.25) is 0 Å². The predicted molar refractivity (Wildman–Crippen MR) is 119 cm³/mol. The van der Waals surface area contributed by atoms with Crippen molar-refractivity contribution in [2.24, 2.45) is 0 Å². The van der Waals surface area contributed by atoms with Crippen LogP contribution < -0.4 is 9.80 Å². The van der Waals surface area contributed by atoms with Crippen LogP contribution in [0.15, 0.2) is 66.9 Å². The van der Waals surface area contributed by atoms with Crippen molar-refractivity contribution in [1.29, 1.82) is 0 Å². The zero-order valence-corrected chi connectivity index (χ0v) is 17.2. The zero-order chi connectivity index (χ0) is 21.8. The van der Waals surface area contributed by atoms with Gasteiger partial charge < -0.3 is 9.80 Å². The molecule has 0 radical (unpaired) electrons. The Morgan fingerprint density at radius 1 is 1.16 bits per heavy atom. The van der Waals surface area contributed by atoms with Crippen molar-refractivity contribution in [3.05, 3.63) is 88.1 Å². The highest BCUT2D eigenvalue weighted by molar-refractivity contribution is 6.09. The van der Waals surface area contributed by atoms with E-state index in [2.05, 4.69) is 15.1 Å². The Morgan fingerprint density at radius 2 is 1.97 bits per heavy atom. The van der Waals surface area contributed by atoms with Gasteiger partial charge in [0.25, 0.3) is 5.69 Å². The second-order valence-electron chi connectivity index (χ2n) is 7.61. The molecule has 0 spiro atoms. The topological polar surface area (TPSA) is 92.5 Å². The molecule has 2 heterocycles. The molecule has 0 aliphatic carbocycles. The first-order valence-electron chi connectivity index (χ1n) is 10.2. The normalized spacial score (nSPS) is 15.6. The summed E-state index contributed by atoms with van der Waals surface area (Å²) in [5.74, 6) is 0.583. The van der Waals surface area contributed by atoms with Gasteiger partial charge in [-0.25, -0.2) is 0 Å². The second-order valence-corrected chi connectivity index (χ2v) is 7.61. The zero-order valence-electron chi connectivity index (χ0n) is 17.2. The molecule has 1 atom stereocenters. The lowest BCUT2D eigenvalue weighted by Crippen LogP contribution is -2.39. The van der Waals surface area contributed by atoms with E-state index in [9.17, 15) is 14.9 Å². The number of aromatic nitrogens is 2. The quantitative estimate of drug-likeness (QED) is 0.329. The lowest BCUT2D eigenvalue weighted by molar-refractivity contribution is -0.384. The van der Waals surface area contributed by atoms with Crippen LogP contribution >= 0.6 is 0 Å². The Kier molecular flexibility index (Phi) is 5.88. The van der Waals surface area contributed by atoms with Crippen molar-refractivity contribution in [1.82, 2.24) is 10.2 Å². The number of nitro groups is 1. The average molecular weight is 417 g/mol. The van der Waals surface area contributed by atoms with Crippen molar-refractivity contribution in [2.45, 2.75) is 18.9 Å². The molecule has 0 bridgehead atoms. The van der Waals surface area contributed by atoms with Crippen LogP contribution in [0.4, 0.5) is 17.2 Å². The summed E-state index contributed by atoms with van der Waals surface area (Å²) in [6.07, 6.45) is 3.64. The molecule has 31 heavy (non-hydrogen) atoms. The van der Waals surface area contributed by atoms with Gasteiger partial charge in [0.15, 0.2) is 11.6 Å². The standard InChI is InChI=1S/C23H23N5O3/c1-26(16-19-9-6-14-27(19)22-10-5-13-24-25-22)20-12-11-18(15-21(20)28(30)31)23(29)17-7-3-2-4-8-17/h2-5,7-8,10-13,15,19H,6,9,14,16H2,1H3. The first-order chi connectivity index (χ1) is 15.0. The molecule has 8 nitrogen and oxygen atoms in total. The van der Waals surface area contributed by atoms with Crippen molar-refractivity contribution in [2.75, 3.05) is 29.9 Å². The van der Waals surface area contributed by atoms with Gasteiger partial charge in [-0.3, -0.25) is 14.9 Å². The number of nitro benzene ring substituents is 1. The number of benzene rings is 2. The highest BCUT2D eigenvalue weighted by Gasteiger charge is 2.29. The van der Waals surface area contributed by atoms with E-state index in [1.807, 2.05) is 30.1 Å². The lowest BCUT2D eigenvalue weighted by atomic mass is 10.0. The Hall–Kier alpha value is -3.81. The summed E-state index contributed by atoms with van der Waals surface area (Å²) in [6, 6.07) is 17.4. The predicted octanol–water partition coefficient (Wildman–Crippen LogP) is 3.72. The SMILES string of the molecule is CN(CC1CCCN1c1cccnn1)c1ccc(C(=O)c2ccccc2)cc1[N+](=O)[O-]. The third-order valence-corrected chi connectivity index (χ3v) is 5.60. The molecule has 4 rings (SSSR count). The fourth-order valence-electron chi connectivity index (χ4n) is 4.08. The Labute approximate surface area is 180 Å². The van der Waals surface area contributed by atoms with E-state index < -0.39 is 4.92 Å². The van der Waals surface area contributed by atoms with Gasteiger partial charge in [-0.15, -0.1) is 5.10 Å². The third-order valence-electron chi connectivity index (χ3n) is 5.60. The van der Waals surface area contributed by atoms with E-state index in [4.69, 9.17) is 0 Å². The van der Waals surface area contributed by atoms with Crippen LogP contribution in [0.5, 0.6) is 0 Å². The maximum Gasteiger partial charge on any atom is 0.293 e. The van der Waals surface area contributed by atoms with E-state index in [0.29, 0.717) is 23.4 Å². The van der Waals surface area contributed by atoms with E-state index in [0.717, 1.165) is 25.2 Å². The summed E-state index contributed by atoms with van der Waals surface area (Å²) in [5.41, 5.74) is 1.22. The minimum Gasteiger partial charge on any atom is -0.367 e. The number of rotatable bonds is 7. The number of carbonyl (C=O) groups excluding carboxylic acids is 1. The van der Waals surface area contributed by atoms with Crippen molar-refractivity contribution < 1.29 is 9.72 Å². The Balaban J connectivity index is 1.57. The number of hydrogen-bond donors (Lipinski definition) is 0. The summed E-state index contributed by atoms with van der Waals surface area (Å²) in [4.78, 5) is 28.2. The number of anilines is 2. The molecule has 0 N–H and O–H groups in total. The molecule has 2 aromatic carbocycles. The summed E-state index contributed by atoms with van der Waals surface area (Å²) in [7, 11) is 1.84. The number of ketones is 1. The molecule has 1 fully saturated rings. The van der Waals surface area contributed by atoms with Crippen LogP contribution in [0.1, 0.15) is 28.8 Å². The minimum absolute atomic E-state index is 0.0756. The molecule has 0 saturated carbocycles. The molecule has 8 heteroatoms. The van der Waals surface area contributed by atoms with E-state index >= 15 is 0 Å². The number of nitrogens with zero attached hydrogens (tertiary/aromatic N) is 5. The van der Waals surface area contributed by atoms with Crippen LogP contribution in [0.2, 0.25) is 0 Å². The number of carbonyl (C=O) groups is 1. The maximum atomic E-state index is 12.7. The molecule has 0 amide bonds. The lowest BCUT2D eigenvalue weighted by Gasteiger charge is -2.30. The summed E-state index contributed by atoms with van der Waals surface area (Å²) in [5, 5.41) is 20.0. The van der Waals surface area contributed by atoms with E-state index in [-0.39, 0.29) is 17.5 Å². The summed E-state index contributed by atoms with van der Waals surface area (Å²) in [6.45, 7) is 1.48. The van der Waals surface area contributed by atoms with Gasteiger partial charge in [0.1, 0.15) is 5.69 Å². The highest BCUT2D eigenvalue weighted by Crippen LogP contribution is 2.31. The van der Waals surface area contributed by atoms with Crippen LogP contribution in [0, 0.1) is 10.1 Å². The summed E-state index contributed by atoms with van der Waals surface area (Å²) >= 11 is 0. The molecule has 1 aliphatic heterocycles. The van der Waals surface area contributed by atoms with Crippen LogP contribution in [-0.4, -0.2) is 47.1 Å². The number of likely N-dealkylation sites (N-methyl/N-ethyl adjacent to an activating group) is 1. The fraction of sp³-hybridized carbons (Fsp3) is 0.261. The van der Waals surface area contributed by atoms with Crippen molar-refractivity contribution in [3.63, 3.8) is 0 Å². The molecule has 1 saturated heterocycles. The molecular formula is C23H23N5O3. The van der Waals surface area contributed by atoms with Gasteiger partial charge in [0.05, 0.1) is 4.92 Å². The van der Waals surface area contributed by atoms with Crippen LogP contribution in [-0.2, 0) is 0 Å². The van der Waals surface area contributed by atoms with Gasteiger partial charge in [0, 0.05) is 49.6 Å². The fourth-order valence-corrected chi connectivity index (χ4v) is 4.08. The van der Waals surface area contributed by atoms with Gasteiger partial charge >= 0.3 is 0 Å². The third kappa shape index (κ3) is 4.37. The molecule has 158 valence electrons. The number of hydrogen-bond acceptors (Lipinski definition) is 7. The van der Waals surface area contributed by atoms with Crippen LogP contribution in [0.3, 0.4) is 0 Å². The van der Waals surface area contributed by atoms with Gasteiger partial charge in [-0.2, -0.15) is 5.10 Å². The maximum absolute atomic E-state index is 12.7. The van der Waals surface area contributed by atoms with Crippen molar-refractivity contribution >= 4 is 23.0 Å². The van der Waals surface area contributed by atoms with Crippen molar-refractivity contribution in [3.8, 4) is 0 Å². The second kappa shape index (κ2) is 8.91. The molecule has 1 aromatic heterocycles. The first kappa shape index (κ1) is 20.5. The molecule has 1 unspecified atom stereocenters. The molecule has 3 aromatic rings. The minimum atomic E-state index is -0.428. The average Bonchev–Trinajstić information content (AvgIpc) is 3.27. The van der Waals surface area contributed by atoms with Crippen LogP contribution in [0.25, 0.3) is 0 Å². The molecular weight excluding hydrogens is 394 g/mol. The molecule has 1 aliphatic rings. The monoisotopic (exact) mass is 417 g/mol.